The van der Waals surface area contributed by atoms with Crippen LogP contribution in [0.1, 0.15) is 5.56 Å². The number of esters is 1. The molecule has 2 atom stereocenters. The molecule has 0 heterocycles. The maximum atomic E-state index is 11.2. The zero-order chi connectivity index (χ0) is 12.2. The number of ether oxygens (including phenoxy) is 1. The minimum Gasteiger partial charge on any atom is -0.467 e. The molecule has 4 nitrogen and oxygen atoms in total. The summed E-state index contributed by atoms with van der Waals surface area (Å²) in [6, 6.07) is 8.48. The number of aliphatic hydroxyl groups excluding tert-OH is 1. The van der Waals surface area contributed by atoms with Crippen LogP contribution in [0, 0.1) is 0 Å². The minimum atomic E-state index is -1.69. The molecule has 0 bridgehead atoms. The Bertz CT molecular complexity index is 354. The van der Waals surface area contributed by atoms with E-state index in [2.05, 4.69) is 20.7 Å². The predicted octanol–water partition coefficient (Wildman–Crippen LogP) is 0.803. The summed E-state index contributed by atoms with van der Waals surface area (Å²) >= 11 is 3.09. The average molecular weight is 289 g/mol. The summed E-state index contributed by atoms with van der Waals surface area (Å²) < 4.78 is 4.41. The van der Waals surface area contributed by atoms with E-state index in [-0.39, 0.29) is 5.33 Å². The first kappa shape index (κ1) is 13.2. The SMILES string of the molecule is COC(=O)[C@H](O)[C@@](O)(CBr)c1ccccc1. The molecule has 0 radical (unpaired) electrons. The van der Waals surface area contributed by atoms with Crippen LogP contribution in [0.15, 0.2) is 30.3 Å². The van der Waals surface area contributed by atoms with Crippen LogP contribution >= 0.6 is 15.9 Å². The van der Waals surface area contributed by atoms with Crippen LogP contribution in [-0.2, 0) is 15.1 Å². The molecular formula is C11H13BrO4. The maximum absolute atomic E-state index is 11.2. The van der Waals surface area contributed by atoms with Crippen molar-refractivity contribution < 1.29 is 19.7 Å². The van der Waals surface area contributed by atoms with E-state index < -0.39 is 17.7 Å². The predicted molar refractivity (Wildman–Crippen MR) is 62.2 cm³/mol. The summed E-state index contributed by atoms with van der Waals surface area (Å²) in [5.41, 5.74) is -1.24. The van der Waals surface area contributed by atoms with Crippen LogP contribution in [0.3, 0.4) is 0 Å². The lowest BCUT2D eigenvalue weighted by atomic mass is 9.90. The number of alkyl halides is 1. The molecule has 0 aliphatic rings. The van der Waals surface area contributed by atoms with Gasteiger partial charge in [-0.1, -0.05) is 46.3 Å². The van der Waals surface area contributed by atoms with Gasteiger partial charge in [0, 0.05) is 5.33 Å². The second kappa shape index (κ2) is 5.43. The van der Waals surface area contributed by atoms with Gasteiger partial charge in [0.2, 0.25) is 0 Å². The highest BCUT2D eigenvalue weighted by molar-refractivity contribution is 9.09. The van der Waals surface area contributed by atoms with Gasteiger partial charge in [-0.2, -0.15) is 0 Å². The molecule has 5 heteroatoms. The minimum absolute atomic E-state index is 0.0281. The van der Waals surface area contributed by atoms with E-state index in [0.717, 1.165) is 7.11 Å². The van der Waals surface area contributed by atoms with E-state index >= 15 is 0 Å². The van der Waals surface area contributed by atoms with Crippen molar-refractivity contribution in [2.24, 2.45) is 0 Å². The van der Waals surface area contributed by atoms with E-state index in [0.29, 0.717) is 5.56 Å². The molecule has 0 aromatic heterocycles. The Kier molecular flexibility index (Phi) is 4.46. The molecule has 0 aliphatic carbocycles. The maximum Gasteiger partial charge on any atom is 0.338 e. The van der Waals surface area contributed by atoms with Gasteiger partial charge >= 0.3 is 5.97 Å². The molecule has 0 unspecified atom stereocenters. The van der Waals surface area contributed by atoms with Crippen molar-refractivity contribution in [3.05, 3.63) is 35.9 Å². The van der Waals surface area contributed by atoms with Gasteiger partial charge in [0.05, 0.1) is 7.11 Å². The monoisotopic (exact) mass is 288 g/mol. The molecule has 0 amide bonds. The first-order chi connectivity index (χ1) is 7.56. The summed E-state index contributed by atoms with van der Waals surface area (Å²) in [6.45, 7) is 0. The molecule has 0 spiro atoms. The van der Waals surface area contributed by atoms with Gasteiger partial charge in [0.1, 0.15) is 5.60 Å². The van der Waals surface area contributed by atoms with E-state index in [9.17, 15) is 15.0 Å². The van der Waals surface area contributed by atoms with Crippen molar-refractivity contribution in [2.45, 2.75) is 11.7 Å². The number of rotatable bonds is 4. The van der Waals surface area contributed by atoms with Crippen molar-refractivity contribution in [1.29, 1.82) is 0 Å². The molecule has 88 valence electrons. The second-order valence-corrected chi connectivity index (χ2v) is 3.91. The first-order valence-electron chi connectivity index (χ1n) is 4.66. The zero-order valence-electron chi connectivity index (χ0n) is 8.76. The number of hydrogen-bond acceptors (Lipinski definition) is 4. The van der Waals surface area contributed by atoms with Crippen molar-refractivity contribution in [3.63, 3.8) is 0 Å². The molecule has 0 saturated heterocycles. The number of benzene rings is 1. The van der Waals surface area contributed by atoms with Crippen molar-refractivity contribution >= 4 is 21.9 Å². The van der Waals surface area contributed by atoms with E-state index in [1.54, 1.807) is 30.3 Å². The Labute approximate surface area is 102 Å². The third-order valence-electron chi connectivity index (χ3n) is 2.35. The number of carbonyl (C=O) groups is 1. The van der Waals surface area contributed by atoms with Gasteiger partial charge in [-0.3, -0.25) is 0 Å². The Morgan fingerprint density at radius 3 is 2.50 bits per heavy atom. The normalized spacial score (nSPS) is 16.2. The molecule has 0 aliphatic heterocycles. The lowest BCUT2D eigenvalue weighted by Crippen LogP contribution is -2.46. The number of halogens is 1. The van der Waals surface area contributed by atoms with E-state index in [1.165, 1.54) is 0 Å². The fourth-order valence-corrected chi connectivity index (χ4v) is 1.97. The summed E-state index contributed by atoms with van der Waals surface area (Å²) in [5, 5.41) is 20.0. The Morgan fingerprint density at radius 1 is 1.50 bits per heavy atom. The highest BCUT2D eigenvalue weighted by atomic mass is 79.9. The van der Waals surface area contributed by atoms with Crippen LogP contribution < -0.4 is 0 Å². The lowest BCUT2D eigenvalue weighted by Gasteiger charge is -2.29. The molecule has 16 heavy (non-hydrogen) atoms. The van der Waals surface area contributed by atoms with Crippen LogP contribution in [0.25, 0.3) is 0 Å². The first-order valence-corrected chi connectivity index (χ1v) is 5.78. The standard InChI is InChI=1S/C11H13BrO4/c1-16-10(14)9(13)11(15,7-12)8-5-3-2-4-6-8/h2-6,9,13,15H,7H2,1H3/t9-,11+/m0/s1. The topological polar surface area (TPSA) is 66.8 Å². The van der Waals surface area contributed by atoms with Crippen LogP contribution in [-0.4, -0.2) is 34.7 Å². The van der Waals surface area contributed by atoms with E-state index in [1.807, 2.05) is 0 Å². The molecule has 0 fully saturated rings. The molecule has 1 aromatic carbocycles. The number of aliphatic hydroxyl groups is 2. The lowest BCUT2D eigenvalue weighted by molar-refractivity contribution is -0.165. The Balaban J connectivity index is 3.07. The van der Waals surface area contributed by atoms with Gasteiger partial charge in [-0.05, 0) is 5.56 Å². The molecule has 1 aromatic rings. The average Bonchev–Trinajstić information content (AvgIpc) is 2.37. The van der Waals surface area contributed by atoms with Gasteiger partial charge in [0.25, 0.3) is 0 Å². The Morgan fingerprint density at radius 2 is 2.06 bits per heavy atom. The highest BCUT2D eigenvalue weighted by Crippen LogP contribution is 2.27. The molecule has 0 saturated carbocycles. The van der Waals surface area contributed by atoms with Gasteiger partial charge in [-0.25, -0.2) is 4.79 Å². The third kappa shape index (κ3) is 2.42. The third-order valence-corrected chi connectivity index (χ3v) is 3.21. The Hall–Kier alpha value is -0.910. The highest BCUT2D eigenvalue weighted by Gasteiger charge is 2.41. The largest absolute Gasteiger partial charge is 0.467 e. The molecular weight excluding hydrogens is 276 g/mol. The smallest absolute Gasteiger partial charge is 0.338 e. The summed E-state index contributed by atoms with van der Waals surface area (Å²) in [5.74, 6) is -0.870. The molecule has 2 N–H and O–H groups in total. The fraction of sp³-hybridized carbons (Fsp3) is 0.364. The summed E-state index contributed by atoms with van der Waals surface area (Å²) in [4.78, 5) is 11.2. The molecule has 1 rings (SSSR count). The van der Waals surface area contributed by atoms with Crippen molar-refractivity contribution in [3.8, 4) is 0 Å². The van der Waals surface area contributed by atoms with Crippen LogP contribution in [0.5, 0.6) is 0 Å². The summed E-state index contributed by atoms with van der Waals surface area (Å²) in [7, 11) is 1.16. The van der Waals surface area contributed by atoms with Crippen molar-refractivity contribution in [1.82, 2.24) is 0 Å². The van der Waals surface area contributed by atoms with Gasteiger partial charge < -0.3 is 14.9 Å². The van der Waals surface area contributed by atoms with Crippen LogP contribution in [0.4, 0.5) is 0 Å². The van der Waals surface area contributed by atoms with E-state index in [4.69, 9.17) is 0 Å². The second-order valence-electron chi connectivity index (χ2n) is 3.35. The number of carbonyl (C=O) groups excluding carboxylic acids is 1. The fourth-order valence-electron chi connectivity index (χ4n) is 1.34. The van der Waals surface area contributed by atoms with Crippen LogP contribution in [0.2, 0.25) is 0 Å². The van der Waals surface area contributed by atoms with Crippen molar-refractivity contribution in [2.75, 3.05) is 12.4 Å². The number of hydrogen-bond donors (Lipinski definition) is 2. The zero-order valence-corrected chi connectivity index (χ0v) is 10.3. The number of methoxy groups -OCH3 is 1. The van der Waals surface area contributed by atoms with Gasteiger partial charge in [-0.15, -0.1) is 0 Å². The van der Waals surface area contributed by atoms with Gasteiger partial charge in [0.15, 0.2) is 6.10 Å². The summed E-state index contributed by atoms with van der Waals surface area (Å²) in [6.07, 6.45) is -1.63. The quantitative estimate of drug-likeness (QED) is 0.635.